The van der Waals surface area contributed by atoms with E-state index in [9.17, 15) is 0 Å². The van der Waals surface area contributed by atoms with E-state index in [1.165, 1.54) is 0 Å². The summed E-state index contributed by atoms with van der Waals surface area (Å²) in [4.78, 5) is 0. The molecule has 0 saturated heterocycles. The molecular formula is C14H15Cl3N2. The van der Waals surface area contributed by atoms with Gasteiger partial charge in [0.15, 0.2) is 0 Å². The van der Waals surface area contributed by atoms with Crippen molar-refractivity contribution in [3.63, 3.8) is 0 Å². The monoisotopic (exact) mass is 316 g/mol. The van der Waals surface area contributed by atoms with Gasteiger partial charge in [-0.2, -0.15) is 5.10 Å². The molecule has 1 heterocycles. The summed E-state index contributed by atoms with van der Waals surface area (Å²) < 4.78 is 1.78. The maximum atomic E-state index is 6.20. The molecule has 2 rings (SSSR count). The third kappa shape index (κ3) is 3.25. The number of halogens is 3. The number of benzene rings is 1. The molecule has 0 saturated carbocycles. The average molecular weight is 318 g/mol. The molecule has 102 valence electrons. The smallest absolute Gasteiger partial charge is 0.0634 e. The number of hydrogen-bond donors (Lipinski definition) is 0. The molecule has 0 amide bonds. The lowest BCUT2D eigenvalue weighted by Gasteiger charge is -2.29. The van der Waals surface area contributed by atoms with Crippen molar-refractivity contribution in [2.24, 2.45) is 7.05 Å². The SMILES string of the molecule is Cn1ccc(CC(CCl)(CCl)c2ccc(Cl)cc2)n1. The van der Waals surface area contributed by atoms with Crippen LogP contribution < -0.4 is 0 Å². The fourth-order valence-electron chi connectivity index (χ4n) is 2.09. The van der Waals surface area contributed by atoms with Crippen LogP contribution in [0.1, 0.15) is 11.3 Å². The lowest BCUT2D eigenvalue weighted by molar-refractivity contribution is 0.524. The standard InChI is InChI=1S/C14H15Cl3N2/c1-19-7-6-13(18-19)8-14(9-15,10-16)11-2-4-12(17)5-3-11/h2-7H,8-10H2,1H3. The quantitative estimate of drug-likeness (QED) is 0.761. The van der Waals surface area contributed by atoms with Crippen molar-refractivity contribution < 1.29 is 0 Å². The predicted molar refractivity (Wildman–Crippen MR) is 81.5 cm³/mol. The van der Waals surface area contributed by atoms with Crippen LogP contribution in [-0.2, 0) is 18.9 Å². The summed E-state index contributed by atoms with van der Waals surface area (Å²) in [6.45, 7) is 0. The van der Waals surface area contributed by atoms with Gasteiger partial charge in [0.1, 0.15) is 0 Å². The largest absolute Gasteiger partial charge is 0.276 e. The number of nitrogens with zero attached hydrogens (tertiary/aromatic N) is 2. The van der Waals surface area contributed by atoms with Crippen molar-refractivity contribution in [2.45, 2.75) is 11.8 Å². The van der Waals surface area contributed by atoms with Gasteiger partial charge in [-0.15, -0.1) is 23.2 Å². The van der Waals surface area contributed by atoms with Crippen LogP contribution in [0.4, 0.5) is 0 Å². The Balaban J connectivity index is 2.33. The zero-order chi connectivity index (χ0) is 13.9. The molecule has 19 heavy (non-hydrogen) atoms. The minimum Gasteiger partial charge on any atom is -0.276 e. The Kier molecular flexibility index (Phi) is 4.77. The lowest BCUT2D eigenvalue weighted by atomic mass is 9.80. The number of aromatic nitrogens is 2. The van der Waals surface area contributed by atoms with E-state index >= 15 is 0 Å². The molecule has 0 radical (unpaired) electrons. The van der Waals surface area contributed by atoms with Crippen LogP contribution in [0.5, 0.6) is 0 Å². The Morgan fingerprint density at radius 3 is 2.21 bits per heavy atom. The zero-order valence-electron chi connectivity index (χ0n) is 10.6. The van der Waals surface area contributed by atoms with Crippen molar-refractivity contribution in [2.75, 3.05) is 11.8 Å². The van der Waals surface area contributed by atoms with Crippen LogP contribution in [0.15, 0.2) is 36.5 Å². The second kappa shape index (κ2) is 6.17. The van der Waals surface area contributed by atoms with E-state index in [2.05, 4.69) is 5.10 Å². The first kappa shape index (κ1) is 14.7. The Labute approximate surface area is 128 Å². The van der Waals surface area contributed by atoms with Gasteiger partial charge in [-0.1, -0.05) is 23.7 Å². The molecule has 0 aliphatic heterocycles. The van der Waals surface area contributed by atoms with Gasteiger partial charge in [-0.05, 0) is 23.8 Å². The van der Waals surface area contributed by atoms with Crippen LogP contribution in [0, 0.1) is 0 Å². The van der Waals surface area contributed by atoms with E-state index < -0.39 is 0 Å². The predicted octanol–water partition coefficient (Wildman–Crippen LogP) is 4.03. The Morgan fingerprint density at radius 2 is 1.74 bits per heavy atom. The first-order valence-electron chi connectivity index (χ1n) is 5.96. The summed E-state index contributed by atoms with van der Waals surface area (Å²) >= 11 is 18.3. The summed E-state index contributed by atoms with van der Waals surface area (Å²) in [5, 5.41) is 5.12. The highest BCUT2D eigenvalue weighted by atomic mass is 35.5. The molecule has 5 heteroatoms. The lowest BCUT2D eigenvalue weighted by Crippen LogP contribution is -2.33. The molecule has 1 aromatic heterocycles. The third-order valence-electron chi connectivity index (χ3n) is 3.26. The topological polar surface area (TPSA) is 17.8 Å². The normalized spacial score (nSPS) is 11.8. The molecule has 0 bridgehead atoms. The highest BCUT2D eigenvalue weighted by Crippen LogP contribution is 2.32. The van der Waals surface area contributed by atoms with Crippen LogP contribution in [0.3, 0.4) is 0 Å². The van der Waals surface area contributed by atoms with Crippen molar-refractivity contribution >= 4 is 34.8 Å². The van der Waals surface area contributed by atoms with Gasteiger partial charge >= 0.3 is 0 Å². The molecule has 2 nitrogen and oxygen atoms in total. The second-order valence-electron chi connectivity index (χ2n) is 4.71. The van der Waals surface area contributed by atoms with Gasteiger partial charge in [0.25, 0.3) is 0 Å². The highest BCUT2D eigenvalue weighted by molar-refractivity contribution is 6.30. The van der Waals surface area contributed by atoms with E-state index in [1.54, 1.807) is 4.68 Å². The van der Waals surface area contributed by atoms with Crippen molar-refractivity contribution in [1.82, 2.24) is 9.78 Å². The summed E-state index contributed by atoms with van der Waals surface area (Å²) in [6, 6.07) is 9.68. The molecule has 0 aliphatic rings. The summed E-state index contributed by atoms with van der Waals surface area (Å²) in [5.74, 6) is 0.878. The van der Waals surface area contributed by atoms with Gasteiger partial charge in [-0.25, -0.2) is 0 Å². The fraction of sp³-hybridized carbons (Fsp3) is 0.357. The molecule has 0 N–H and O–H groups in total. The van der Waals surface area contributed by atoms with E-state index in [0.717, 1.165) is 11.3 Å². The van der Waals surface area contributed by atoms with Crippen molar-refractivity contribution in [1.29, 1.82) is 0 Å². The average Bonchev–Trinajstić information content (AvgIpc) is 2.82. The number of aryl methyl sites for hydroxylation is 1. The fourth-order valence-corrected chi connectivity index (χ4v) is 3.00. The molecule has 2 aromatic rings. The Bertz CT molecular complexity index is 530. The van der Waals surface area contributed by atoms with Gasteiger partial charge in [0, 0.05) is 41.9 Å². The molecule has 0 aliphatic carbocycles. The summed E-state index contributed by atoms with van der Waals surface area (Å²) in [6.07, 6.45) is 2.63. The van der Waals surface area contributed by atoms with Crippen molar-refractivity contribution in [3.05, 3.63) is 52.8 Å². The minimum absolute atomic E-state index is 0.317. The molecule has 0 fully saturated rings. The van der Waals surface area contributed by atoms with Gasteiger partial charge < -0.3 is 0 Å². The van der Waals surface area contributed by atoms with Crippen LogP contribution in [0.2, 0.25) is 5.02 Å². The molecule has 1 aromatic carbocycles. The zero-order valence-corrected chi connectivity index (χ0v) is 12.9. The van der Waals surface area contributed by atoms with E-state index in [1.807, 2.05) is 43.6 Å². The van der Waals surface area contributed by atoms with E-state index in [0.29, 0.717) is 23.2 Å². The van der Waals surface area contributed by atoms with E-state index in [4.69, 9.17) is 34.8 Å². The summed E-state index contributed by atoms with van der Waals surface area (Å²) in [7, 11) is 1.90. The van der Waals surface area contributed by atoms with Crippen LogP contribution in [-0.4, -0.2) is 21.5 Å². The second-order valence-corrected chi connectivity index (χ2v) is 5.68. The summed E-state index contributed by atoms with van der Waals surface area (Å²) in [5.41, 5.74) is 1.76. The number of hydrogen-bond acceptors (Lipinski definition) is 1. The molecule has 0 spiro atoms. The third-order valence-corrected chi connectivity index (χ3v) is 4.53. The Morgan fingerprint density at radius 1 is 1.11 bits per heavy atom. The maximum absolute atomic E-state index is 6.20. The number of rotatable bonds is 5. The van der Waals surface area contributed by atoms with Gasteiger partial charge in [-0.3, -0.25) is 4.68 Å². The minimum atomic E-state index is -0.317. The molecular weight excluding hydrogens is 303 g/mol. The number of alkyl halides is 2. The molecule has 0 atom stereocenters. The molecule has 0 unspecified atom stereocenters. The van der Waals surface area contributed by atoms with E-state index in [-0.39, 0.29) is 5.41 Å². The van der Waals surface area contributed by atoms with Crippen molar-refractivity contribution in [3.8, 4) is 0 Å². The maximum Gasteiger partial charge on any atom is 0.0634 e. The van der Waals surface area contributed by atoms with Crippen LogP contribution in [0.25, 0.3) is 0 Å². The highest BCUT2D eigenvalue weighted by Gasteiger charge is 2.31. The van der Waals surface area contributed by atoms with Gasteiger partial charge in [0.05, 0.1) is 5.69 Å². The first-order valence-corrected chi connectivity index (χ1v) is 7.41. The first-order chi connectivity index (χ1) is 9.09. The van der Waals surface area contributed by atoms with Crippen LogP contribution >= 0.6 is 34.8 Å². The van der Waals surface area contributed by atoms with Gasteiger partial charge in [0.2, 0.25) is 0 Å². The Hall–Kier alpha value is -0.700.